The molecule has 0 bridgehead atoms. The summed E-state index contributed by atoms with van der Waals surface area (Å²) in [6.07, 6.45) is 3.63. The number of methoxy groups -OCH3 is 1. The van der Waals surface area contributed by atoms with Crippen LogP contribution in [0.4, 0.5) is 0 Å². The fourth-order valence-corrected chi connectivity index (χ4v) is 1.41. The van der Waals surface area contributed by atoms with Crippen LogP contribution in [0.2, 0.25) is 0 Å². The van der Waals surface area contributed by atoms with Crippen molar-refractivity contribution in [1.82, 2.24) is 5.43 Å². The highest BCUT2D eigenvalue weighted by molar-refractivity contribution is 7.80. The first-order chi connectivity index (χ1) is 9.22. The van der Waals surface area contributed by atoms with Crippen LogP contribution in [0.5, 0.6) is 5.75 Å². The Balaban J connectivity index is 2.31. The van der Waals surface area contributed by atoms with Crippen molar-refractivity contribution in [3.63, 3.8) is 0 Å². The van der Waals surface area contributed by atoms with Crippen molar-refractivity contribution in [1.29, 1.82) is 0 Å². The summed E-state index contributed by atoms with van der Waals surface area (Å²) in [5.74, 6) is 0.844. The molecular formula is C13H19N3O2S. The van der Waals surface area contributed by atoms with Crippen LogP contribution in [-0.4, -0.2) is 31.7 Å². The number of unbranched alkanes of at least 4 members (excludes halogenated alkanes) is 1. The van der Waals surface area contributed by atoms with E-state index in [1.54, 1.807) is 13.3 Å². The van der Waals surface area contributed by atoms with Crippen molar-refractivity contribution in [2.24, 2.45) is 10.8 Å². The maximum absolute atomic E-state index is 5.59. The van der Waals surface area contributed by atoms with Crippen molar-refractivity contribution in [3.05, 3.63) is 29.8 Å². The predicted octanol–water partition coefficient (Wildman–Crippen LogP) is 1.66. The zero-order chi connectivity index (χ0) is 13.9. The van der Waals surface area contributed by atoms with Crippen LogP contribution in [0.15, 0.2) is 29.4 Å². The van der Waals surface area contributed by atoms with Crippen molar-refractivity contribution in [2.75, 3.05) is 20.3 Å². The van der Waals surface area contributed by atoms with E-state index in [1.165, 1.54) is 0 Å². The van der Waals surface area contributed by atoms with E-state index in [0.717, 1.165) is 30.8 Å². The third-order valence-corrected chi connectivity index (χ3v) is 2.37. The lowest BCUT2D eigenvalue weighted by Gasteiger charge is -2.06. The largest absolute Gasteiger partial charge is 0.494 e. The van der Waals surface area contributed by atoms with Gasteiger partial charge in [0.1, 0.15) is 5.75 Å². The normalized spacial score (nSPS) is 10.6. The van der Waals surface area contributed by atoms with E-state index in [0.29, 0.717) is 6.61 Å². The maximum atomic E-state index is 5.59. The molecule has 0 saturated heterocycles. The van der Waals surface area contributed by atoms with Crippen LogP contribution in [-0.2, 0) is 4.74 Å². The molecule has 0 spiro atoms. The molecule has 0 aliphatic heterocycles. The Hall–Kier alpha value is -1.66. The SMILES string of the molecule is COCCCCOc1ccc(/C=N/NC(N)=S)cc1. The zero-order valence-corrected chi connectivity index (χ0v) is 11.8. The van der Waals surface area contributed by atoms with Gasteiger partial charge in [0.25, 0.3) is 0 Å². The highest BCUT2D eigenvalue weighted by Gasteiger charge is 1.94. The summed E-state index contributed by atoms with van der Waals surface area (Å²) < 4.78 is 10.6. The molecular weight excluding hydrogens is 262 g/mol. The predicted molar refractivity (Wildman–Crippen MR) is 80.6 cm³/mol. The zero-order valence-electron chi connectivity index (χ0n) is 11.0. The molecule has 0 atom stereocenters. The molecule has 104 valence electrons. The Bertz CT molecular complexity index is 407. The molecule has 1 aromatic rings. The number of hydrazone groups is 1. The number of rotatable bonds is 8. The molecule has 0 fully saturated rings. The molecule has 0 unspecified atom stereocenters. The molecule has 6 heteroatoms. The molecule has 0 aromatic heterocycles. The molecule has 0 aliphatic rings. The fraction of sp³-hybridized carbons (Fsp3) is 0.385. The van der Waals surface area contributed by atoms with E-state index in [2.05, 4.69) is 22.7 Å². The Morgan fingerprint density at radius 3 is 2.63 bits per heavy atom. The summed E-state index contributed by atoms with van der Waals surface area (Å²) in [5, 5.41) is 4.02. The van der Waals surface area contributed by atoms with Crippen molar-refractivity contribution in [2.45, 2.75) is 12.8 Å². The number of thiocarbonyl (C=S) groups is 1. The Morgan fingerprint density at radius 2 is 2.00 bits per heavy atom. The molecule has 19 heavy (non-hydrogen) atoms. The monoisotopic (exact) mass is 281 g/mol. The van der Waals surface area contributed by atoms with Gasteiger partial charge in [-0.3, -0.25) is 5.43 Å². The second-order valence-electron chi connectivity index (χ2n) is 3.85. The quantitative estimate of drug-likeness (QED) is 0.328. The number of nitrogens with zero attached hydrogens (tertiary/aromatic N) is 1. The molecule has 1 aromatic carbocycles. The van der Waals surface area contributed by atoms with Crippen LogP contribution in [0.25, 0.3) is 0 Å². The average molecular weight is 281 g/mol. The van der Waals surface area contributed by atoms with Crippen LogP contribution in [0.3, 0.4) is 0 Å². The average Bonchev–Trinajstić information content (AvgIpc) is 2.40. The molecule has 0 amide bonds. The summed E-state index contributed by atoms with van der Waals surface area (Å²) in [5.41, 5.74) is 8.69. The van der Waals surface area contributed by atoms with Crippen molar-refractivity contribution >= 4 is 23.5 Å². The standard InChI is InChI=1S/C13H19N3O2S/c1-17-8-2-3-9-18-12-6-4-11(5-7-12)10-15-16-13(14)19/h4-7,10H,2-3,8-9H2,1H3,(H3,14,16,19)/b15-10+. The van der Waals surface area contributed by atoms with Crippen LogP contribution >= 0.6 is 12.2 Å². The highest BCUT2D eigenvalue weighted by Crippen LogP contribution is 2.11. The summed E-state index contributed by atoms with van der Waals surface area (Å²) in [4.78, 5) is 0. The third kappa shape index (κ3) is 7.38. The fourth-order valence-electron chi connectivity index (χ4n) is 1.36. The summed E-state index contributed by atoms with van der Waals surface area (Å²) in [6, 6.07) is 7.63. The topological polar surface area (TPSA) is 68.9 Å². The number of nitrogens with two attached hydrogens (primary N) is 1. The van der Waals surface area contributed by atoms with Gasteiger partial charge in [-0.1, -0.05) is 0 Å². The number of benzene rings is 1. The van der Waals surface area contributed by atoms with Crippen LogP contribution < -0.4 is 15.9 Å². The van der Waals surface area contributed by atoms with Crippen molar-refractivity contribution in [3.8, 4) is 5.75 Å². The molecule has 0 saturated carbocycles. The van der Waals surface area contributed by atoms with Gasteiger partial charge < -0.3 is 15.2 Å². The molecule has 0 aliphatic carbocycles. The molecule has 0 heterocycles. The van der Waals surface area contributed by atoms with E-state index in [4.69, 9.17) is 15.2 Å². The lowest BCUT2D eigenvalue weighted by Crippen LogP contribution is -2.23. The van der Waals surface area contributed by atoms with Gasteiger partial charge in [0, 0.05) is 13.7 Å². The summed E-state index contributed by atoms with van der Waals surface area (Å²) in [7, 11) is 1.70. The molecule has 0 radical (unpaired) electrons. The number of hydrogen-bond donors (Lipinski definition) is 2. The first-order valence-corrected chi connectivity index (χ1v) is 6.43. The van der Waals surface area contributed by atoms with E-state index >= 15 is 0 Å². The van der Waals surface area contributed by atoms with Crippen LogP contribution in [0.1, 0.15) is 18.4 Å². The van der Waals surface area contributed by atoms with E-state index in [9.17, 15) is 0 Å². The third-order valence-electron chi connectivity index (χ3n) is 2.28. The smallest absolute Gasteiger partial charge is 0.184 e. The highest BCUT2D eigenvalue weighted by atomic mass is 32.1. The van der Waals surface area contributed by atoms with Gasteiger partial charge in [0.15, 0.2) is 5.11 Å². The lowest BCUT2D eigenvalue weighted by molar-refractivity contribution is 0.184. The first-order valence-electron chi connectivity index (χ1n) is 6.02. The van der Waals surface area contributed by atoms with Crippen molar-refractivity contribution < 1.29 is 9.47 Å². The number of hydrogen-bond acceptors (Lipinski definition) is 4. The Kier molecular flexibility index (Phi) is 7.53. The maximum Gasteiger partial charge on any atom is 0.184 e. The second-order valence-corrected chi connectivity index (χ2v) is 4.29. The van der Waals surface area contributed by atoms with Gasteiger partial charge in [0.05, 0.1) is 12.8 Å². The van der Waals surface area contributed by atoms with E-state index < -0.39 is 0 Å². The molecule has 1 rings (SSSR count). The van der Waals surface area contributed by atoms with Gasteiger partial charge in [0.2, 0.25) is 0 Å². The summed E-state index contributed by atoms with van der Waals surface area (Å²) in [6.45, 7) is 1.47. The van der Waals surface area contributed by atoms with Crippen LogP contribution in [0, 0.1) is 0 Å². The minimum Gasteiger partial charge on any atom is -0.494 e. The number of nitrogens with one attached hydrogen (secondary N) is 1. The van der Waals surface area contributed by atoms with E-state index in [-0.39, 0.29) is 5.11 Å². The number of ether oxygens (including phenoxy) is 2. The first kappa shape index (κ1) is 15.4. The van der Waals surface area contributed by atoms with Gasteiger partial charge in [-0.2, -0.15) is 5.10 Å². The van der Waals surface area contributed by atoms with Gasteiger partial charge in [-0.05, 0) is 54.9 Å². The Labute approximate surface area is 118 Å². The second kappa shape index (κ2) is 9.29. The minimum absolute atomic E-state index is 0.146. The van der Waals surface area contributed by atoms with Gasteiger partial charge >= 0.3 is 0 Å². The Morgan fingerprint density at radius 1 is 1.32 bits per heavy atom. The van der Waals surface area contributed by atoms with E-state index in [1.807, 2.05) is 24.3 Å². The van der Waals surface area contributed by atoms with Gasteiger partial charge in [-0.15, -0.1) is 0 Å². The molecule has 3 N–H and O–H groups in total. The lowest BCUT2D eigenvalue weighted by atomic mass is 10.2. The minimum atomic E-state index is 0.146. The van der Waals surface area contributed by atoms with Gasteiger partial charge in [-0.25, -0.2) is 0 Å². The summed E-state index contributed by atoms with van der Waals surface area (Å²) >= 11 is 4.63. The molecule has 5 nitrogen and oxygen atoms in total.